The van der Waals surface area contributed by atoms with Gasteiger partial charge in [-0.2, -0.15) is 0 Å². The molecule has 0 unspecified atom stereocenters. The maximum absolute atomic E-state index is 0. The average Bonchev–Trinajstić information content (AvgIpc) is 0. The van der Waals surface area contributed by atoms with Gasteiger partial charge in [0, 0.05) is 105 Å². The van der Waals surface area contributed by atoms with E-state index < -0.39 is 0 Å². The molecule has 0 nitrogen and oxygen atoms in total. The summed E-state index contributed by atoms with van der Waals surface area (Å²) in [6, 6.07) is 0. The third-order valence-electron chi connectivity index (χ3n) is 0. The molecule has 5 heteroatoms. The van der Waals surface area contributed by atoms with Gasteiger partial charge in [0.1, 0.15) is 0 Å². The van der Waals surface area contributed by atoms with Gasteiger partial charge in [-0.1, -0.05) is 0 Å². The van der Waals surface area contributed by atoms with Gasteiger partial charge >= 0.3 is 0 Å². The average molecular weight is 168 g/mol. The van der Waals surface area contributed by atoms with E-state index in [1.807, 2.05) is 0 Å². The summed E-state index contributed by atoms with van der Waals surface area (Å²) in [6.07, 6.45) is 0. The fraction of sp³-hybridized carbons (Fsp3) is 0. The van der Waals surface area contributed by atoms with E-state index in [-0.39, 0.29) is 105 Å². The van der Waals surface area contributed by atoms with Crippen molar-refractivity contribution in [3.63, 3.8) is 0 Å². The van der Waals surface area contributed by atoms with Gasteiger partial charge in [0.05, 0.1) is 0 Å². The van der Waals surface area contributed by atoms with Crippen LogP contribution in [0.4, 0.5) is 0 Å². The Hall–Kier alpha value is 3.38. The molecule has 0 rings (SSSR count). The van der Waals surface area contributed by atoms with E-state index >= 15 is 0 Å². The summed E-state index contributed by atoms with van der Waals surface area (Å²) in [5, 5.41) is 0. The van der Waals surface area contributed by atoms with Crippen molar-refractivity contribution in [1.29, 1.82) is 0 Å². The first-order valence-electron chi connectivity index (χ1n) is 0. The molecule has 0 spiro atoms. The van der Waals surface area contributed by atoms with Crippen molar-refractivity contribution in [2.45, 2.75) is 0 Å². The zero-order chi connectivity index (χ0) is 0. The molecule has 0 amide bonds. The molecule has 0 heterocycles. The van der Waals surface area contributed by atoms with Crippen LogP contribution in [0.1, 0.15) is 0 Å². The van der Waals surface area contributed by atoms with Crippen LogP contribution in [-0.4, -0.2) is 71.5 Å². The maximum Gasteiger partial charge on any atom is 0 e. The molecule has 5 heavy (non-hydrogen) atoms. The summed E-state index contributed by atoms with van der Waals surface area (Å²) in [5.74, 6) is 0. The third-order valence-corrected chi connectivity index (χ3v) is 0. The SMILES string of the molecule is [Li].[Mg].[Mn].[Na].[Ni]. The first-order valence-corrected chi connectivity index (χ1v) is 0. The van der Waals surface area contributed by atoms with Crippen molar-refractivity contribution in [2.75, 3.05) is 0 Å². The molecule has 0 bridgehead atoms. The Bertz CT molecular complexity index is 11.6. The van der Waals surface area contributed by atoms with Gasteiger partial charge < -0.3 is 0 Å². The largest absolute Gasteiger partial charge is 0 e. The van der Waals surface area contributed by atoms with Crippen LogP contribution in [0.15, 0.2) is 0 Å². The van der Waals surface area contributed by atoms with Gasteiger partial charge in [-0.15, -0.1) is 0 Å². The molecular formula is LiMgMnNaNi. The van der Waals surface area contributed by atoms with E-state index in [4.69, 9.17) is 0 Å². The minimum Gasteiger partial charge on any atom is 0 e. The van der Waals surface area contributed by atoms with Crippen molar-refractivity contribution >= 4 is 71.5 Å². The maximum atomic E-state index is 0. The molecule has 0 aromatic heterocycles. The smallest absolute Gasteiger partial charge is 0 e. The molecule has 21 valence electrons. The molecule has 0 aromatic carbocycles. The van der Waals surface area contributed by atoms with Crippen LogP contribution in [-0.2, 0) is 33.6 Å². The minimum atomic E-state index is 0. The summed E-state index contributed by atoms with van der Waals surface area (Å²) in [5.41, 5.74) is 0. The van der Waals surface area contributed by atoms with E-state index in [2.05, 4.69) is 0 Å². The van der Waals surface area contributed by atoms with Crippen molar-refractivity contribution in [3.8, 4) is 0 Å². The second-order valence-electron chi connectivity index (χ2n) is 0. The molecule has 0 saturated heterocycles. The Kier molecular flexibility index (Phi) is 210. The Balaban J connectivity index is 0. The number of hydrogen-bond donors (Lipinski definition) is 0. The quantitative estimate of drug-likeness (QED) is 0.400. The minimum absolute atomic E-state index is 0. The Labute approximate surface area is 103 Å². The van der Waals surface area contributed by atoms with Crippen LogP contribution < -0.4 is 0 Å². The summed E-state index contributed by atoms with van der Waals surface area (Å²) in [6.45, 7) is 0. The zero-order valence-electron chi connectivity index (χ0n) is 3.40. The Morgan fingerprint density at radius 1 is 1.00 bits per heavy atom. The molecule has 0 atom stereocenters. The summed E-state index contributed by atoms with van der Waals surface area (Å²) < 4.78 is 0. The molecule has 0 fully saturated rings. The fourth-order valence-corrected chi connectivity index (χ4v) is 0. The van der Waals surface area contributed by atoms with Gasteiger partial charge in [-0.3, -0.25) is 0 Å². The van der Waals surface area contributed by atoms with Crippen LogP contribution in [0.5, 0.6) is 0 Å². The van der Waals surface area contributed by atoms with Gasteiger partial charge in [-0.25, -0.2) is 0 Å². The van der Waals surface area contributed by atoms with Gasteiger partial charge in [0.25, 0.3) is 0 Å². The zero-order valence-corrected chi connectivity index (χ0v) is 8.98. The van der Waals surface area contributed by atoms with Crippen LogP contribution in [0, 0.1) is 0 Å². The van der Waals surface area contributed by atoms with E-state index in [0.717, 1.165) is 0 Å². The predicted molar refractivity (Wildman–Crippen MR) is 17.3 cm³/mol. The first-order chi connectivity index (χ1) is 0. The van der Waals surface area contributed by atoms with E-state index in [0.29, 0.717) is 0 Å². The molecular weight excluding hydrogens is 168 g/mol. The second-order valence-corrected chi connectivity index (χ2v) is 0. The van der Waals surface area contributed by atoms with Gasteiger partial charge in [-0.05, 0) is 0 Å². The number of rotatable bonds is 0. The van der Waals surface area contributed by atoms with Crippen molar-refractivity contribution in [1.82, 2.24) is 0 Å². The van der Waals surface area contributed by atoms with E-state index in [1.54, 1.807) is 0 Å². The summed E-state index contributed by atoms with van der Waals surface area (Å²) in [7, 11) is 0. The van der Waals surface area contributed by atoms with E-state index in [9.17, 15) is 0 Å². The van der Waals surface area contributed by atoms with Crippen molar-refractivity contribution in [2.24, 2.45) is 0 Å². The molecule has 0 aliphatic heterocycles. The van der Waals surface area contributed by atoms with Gasteiger partial charge in [0.15, 0.2) is 0 Å². The first kappa shape index (κ1) is 40.0. The van der Waals surface area contributed by atoms with Crippen molar-refractivity contribution < 1.29 is 33.6 Å². The van der Waals surface area contributed by atoms with Crippen LogP contribution in [0.2, 0.25) is 0 Å². The standard InChI is InChI=1S/Li.Mg.Mn.Na.Ni. The number of hydrogen-bond acceptors (Lipinski definition) is 0. The molecule has 0 aromatic rings. The van der Waals surface area contributed by atoms with Gasteiger partial charge in [0.2, 0.25) is 0 Å². The van der Waals surface area contributed by atoms with Crippen LogP contribution in [0.25, 0.3) is 0 Å². The summed E-state index contributed by atoms with van der Waals surface area (Å²) >= 11 is 0. The van der Waals surface area contributed by atoms with Crippen LogP contribution in [0.3, 0.4) is 0 Å². The third kappa shape index (κ3) is 18.7. The van der Waals surface area contributed by atoms with Crippen LogP contribution >= 0.6 is 0 Å². The van der Waals surface area contributed by atoms with E-state index in [1.165, 1.54) is 0 Å². The monoisotopic (exact) mass is 167 g/mol. The fourth-order valence-electron chi connectivity index (χ4n) is 0. The second kappa shape index (κ2) is 26.3. The Morgan fingerprint density at radius 3 is 1.00 bits per heavy atom. The molecule has 0 aliphatic carbocycles. The molecule has 0 N–H and O–H groups in total. The normalized spacial score (nSPS) is 0. The molecule has 0 aliphatic rings. The Morgan fingerprint density at radius 2 is 1.00 bits per heavy atom. The van der Waals surface area contributed by atoms with Crippen molar-refractivity contribution in [3.05, 3.63) is 0 Å². The predicted octanol–water partition coefficient (Wildman–Crippen LogP) is -1.15. The summed E-state index contributed by atoms with van der Waals surface area (Å²) in [4.78, 5) is 0. The molecule has 5 radical (unpaired) electrons. The topological polar surface area (TPSA) is 0 Å². The molecule has 0 saturated carbocycles.